The summed E-state index contributed by atoms with van der Waals surface area (Å²) >= 11 is 12.4. The van der Waals surface area contributed by atoms with Gasteiger partial charge in [-0.2, -0.15) is 0 Å². The Labute approximate surface area is 129 Å². The summed E-state index contributed by atoms with van der Waals surface area (Å²) in [6.45, 7) is 0.999. The summed E-state index contributed by atoms with van der Waals surface area (Å²) in [6, 6.07) is 16.4. The van der Waals surface area contributed by atoms with Crippen LogP contribution in [0.3, 0.4) is 0 Å². The van der Waals surface area contributed by atoms with Crippen LogP contribution < -0.4 is 5.32 Å². The Morgan fingerprint density at radius 1 is 1.05 bits per heavy atom. The van der Waals surface area contributed by atoms with Gasteiger partial charge in [-0.3, -0.25) is 0 Å². The highest BCUT2D eigenvalue weighted by Crippen LogP contribution is 2.59. The Morgan fingerprint density at radius 2 is 1.60 bits per heavy atom. The quantitative estimate of drug-likeness (QED) is 0.876. The lowest BCUT2D eigenvalue weighted by Gasteiger charge is -2.20. The number of hydrogen-bond acceptors (Lipinski definition) is 1. The van der Waals surface area contributed by atoms with Gasteiger partial charge in [-0.25, -0.2) is 0 Å². The van der Waals surface area contributed by atoms with E-state index in [2.05, 4.69) is 29.6 Å². The van der Waals surface area contributed by atoms with E-state index in [4.69, 9.17) is 23.2 Å². The highest BCUT2D eigenvalue weighted by atomic mass is 35.5. The van der Waals surface area contributed by atoms with Gasteiger partial charge in [0.2, 0.25) is 0 Å². The standard InChI is InChI=1S/C17H17Cl2N/c1-20-11-14-10-17(14,12-4-2-6-15(18)8-12)13-5-3-7-16(19)9-13/h2-9,14,20H,10-11H2,1H3. The molecular formula is C17H17Cl2N. The maximum atomic E-state index is 6.18. The van der Waals surface area contributed by atoms with Crippen molar-refractivity contribution in [1.29, 1.82) is 0 Å². The van der Waals surface area contributed by atoms with E-state index in [0.717, 1.165) is 23.0 Å². The van der Waals surface area contributed by atoms with E-state index >= 15 is 0 Å². The Morgan fingerprint density at radius 3 is 2.05 bits per heavy atom. The van der Waals surface area contributed by atoms with E-state index in [1.807, 2.05) is 31.3 Å². The molecule has 2 aromatic rings. The van der Waals surface area contributed by atoms with Crippen LogP contribution in [0.25, 0.3) is 0 Å². The summed E-state index contributed by atoms with van der Waals surface area (Å²) in [6.07, 6.45) is 1.13. The average Bonchev–Trinajstić information content (AvgIpc) is 3.15. The van der Waals surface area contributed by atoms with Crippen LogP contribution in [0, 0.1) is 5.92 Å². The number of benzene rings is 2. The van der Waals surface area contributed by atoms with Crippen LogP contribution in [-0.4, -0.2) is 13.6 Å². The third-order valence-corrected chi connectivity index (χ3v) is 4.71. The molecule has 0 radical (unpaired) electrons. The van der Waals surface area contributed by atoms with Gasteiger partial charge in [0.25, 0.3) is 0 Å². The minimum absolute atomic E-state index is 0.0544. The molecule has 1 nitrogen and oxygen atoms in total. The lowest BCUT2D eigenvalue weighted by molar-refractivity contribution is 0.641. The van der Waals surface area contributed by atoms with Crippen molar-refractivity contribution in [1.82, 2.24) is 5.32 Å². The molecule has 0 aliphatic heterocycles. The minimum atomic E-state index is 0.0544. The van der Waals surface area contributed by atoms with Crippen LogP contribution in [0.1, 0.15) is 17.5 Å². The van der Waals surface area contributed by atoms with Crippen LogP contribution in [0.15, 0.2) is 48.5 Å². The molecule has 1 saturated carbocycles. The van der Waals surface area contributed by atoms with Crippen molar-refractivity contribution in [2.45, 2.75) is 11.8 Å². The summed E-state index contributed by atoms with van der Waals surface area (Å²) in [7, 11) is 2.00. The van der Waals surface area contributed by atoms with Crippen LogP contribution in [0.2, 0.25) is 10.0 Å². The fourth-order valence-electron chi connectivity index (χ4n) is 3.23. The van der Waals surface area contributed by atoms with Crippen molar-refractivity contribution in [3.63, 3.8) is 0 Å². The number of halogens is 2. The van der Waals surface area contributed by atoms with Gasteiger partial charge in [-0.15, -0.1) is 0 Å². The molecule has 1 atom stereocenters. The van der Waals surface area contributed by atoms with Gasteiger partial charge in [-0.05, 0) is 61.3 Å². The third kappa shape index (κ3) is 2.35. The molecule has 1 aliphatic rings. The molecule has 3 rings (SSSR count). The number of nitrogens with one attached hydrogen (secondary N) is 1. The van der Waals surface area contributed by atoms with Gasteiger partial charge in [0.1, 0.15) is 0 Å². The average molecular weight is 306 g/mol. The summed E-state index contributed by atoms with van der Waals surface area (Å²) in [5, 5.41) is 4.87. The number of rotatable bonds is 4. The molecule has 0 bridgehead atoms. The second-order valence-corrected chi connectivity index (χ2v) is 6.32. The highest BCUT2D eigenvalue weighted by Gasteiger charge is 2.55. The van der Waals surface area contributed by atoms with Gasteiger partial charge in [0, 0.05) is 15.5 Å². The zero-order valence-electron chi connectivity index (χ0n) is 11.4. The molecule has 1 N–H and O–H groups in total. The minimum Gasteiger partial charge on any atom is -0.319 e. The van der Waals surface area contributed by atoms with Crippen molar-refractivity contribution >= 4 is 23.2 Å². The smallest absolute Gasteiger partial charge is 0.0409 e. The first-order valence-corrected chi connectivity index (χ1v) is 7.59. The van der Waals surface area contributed by atoms with Crippen molar-refractivity contribution in [2.75, 3.05) is 13.6 Å². The first-order chi connectivity index (χ1) is 9.66. The normalized spacial score (nSPS) is 19.9. The molecule has 1 unspecified atom stereocenters. The summed E-state index contributed by atoms with van der Waals surface area (Å²) in [5.41, 5.74) is 2.62. The molecule has 0 saturated heterocycles. The SMILES string of the molecule is CNCC1CC1(c1cccc(Cl)c1)c1cccc(Cl)c1. The van der Waals surface area contributed by atoms with Crippen LogP contribution >= 0.6 is 23.2 Å². The van der Waals surface area contributed by atoms with E-state index in [-0.39, 0.29) is 5.41 Å². The second kappa shape index (κ2) is 5.40. The van der Waals surface area contributed by atoms with Gasteiger partial charge in [0.15, 0.2) is 0 Å². The van der Waals surface area contributed by atoms with Crippen LogP contribution in [0.5, 0.6) is 0 Å². The van der Waals surface area contributed by atoms with Crippen molar-refractivity contribution < 1.29 is 0 Å². The Hall–Kier alpha value is -1.02. The summed E-state index contributed by atoms with van der Waals surface area (Å²) in [5.74, 6) is 0.587. The fourth-order valence-corrected chi connectivity index (χ4v) is 3.61. The van der Waals surface area contributed by atoms with E-state index in [9.17, 15) is 0 Å². The van der Waals surface area contributed by atoms with Crippen LogP contribution in [-0.2, 0) is 5.41 Å². The molecule has 20 heavy (non-hydrogen) atoms. The van der Waals surface area contributed by atoms with E-state index in [1.54, 1.807) is 0 Å². The monoisotopic (exact) mass is 305 g/mol. The first-order valence-electron chi connectivity index (χ1n) is 6.83. The van der Waals surface area contributed by atoms with Crippen molar-refractivity contribution in [3.8, 4) is 0 Å². The molecule has 104 valence electrons. The molecule has 0 heterocycles. The fraction of sp³-hybridized carbons (Fsp3) is 0.294. The lowest BCUT2D eigenvalue weighted by Crippen LogP contribution is -2.19. The lowest BCUT2D eigenvalue weighted by atomic mass is 9.85. The van der Waals surface area contributed by atoms with E-state index in [1.165, 1.54) is 11.1 Å². The Balaban J connectivity index is 2.07. The van der Waals surface area contributed by atoms with E-state index in [0.29, 0.717) is 5.92 Å². The van der Waals surface area contributed by atoms with Gasteiger partial charge < -0.3 is 5.32 Å². The van der Waals surface area contributed by atoms with Crippen molar-refractivity contribution in [3.05, 3.63) is 69.7 Å². The van der Waals surface area contributed by atoms with Gasteiger partial charge in [-0.1, -0.05) is 47.5 Å². The van der Waals surface area contributed by atoms with Gasteiger partial charge in [0.05, 0.1) is 0 Å². The Bertz CT molecular complexity index is 578. The summed E-state index contributed by atoms with van der Waals surface area (Å²) in [4.78, 5) is 0. The zero-order chi connectivity index (χ0) is 14.2. The topological polar surface area (TPSA) is 12.0 Å². The first kappa shape index (κ1) is 13.9. The Kier molecular flexibility index (Phi) is 3.76. The van der Waals surface area contributed by atoms with Crippen LogP contribution in [0.4, 0.5) is 0 Å². The summed E-state index contributed by atoms with van der Waals surface area (Å²) < 4.78 is 0. The number of hydrogen-bond donors (Lipinski definition) is 1. The molecule has 3 heteroatoms. The zero-order valence-corrected chi connectivity index (χ0v) is 12.9. The second-order valence-electron chi connectivity index (χ2n) is 5.45. The van der Waals surface area contributed by atoms with E-state index < -0.39 is 0 Å². The highest BCUT2D eigenvalue weighted by molar-refractivity contribution is 6.31. The molecule has 1 fully saturated rings. The maximum Gasteiger partial charge on any atom is 0.0409 e. The maximum absolute atomic E-state index is 6.18. The third-order valence-electron chi connectivity index (χ3n) is 4.24. The van der Waals surface area contributed by atoms with Crippen molar-refractivity contribution in [2.24, 2.45) is 5.92 Å². The molecule has 1 aliphatic carbocycles. The molecular weight excluding hydrogens is 289 g/mol. The molecule has 0 aromatic heterocycles. The largest absolute Gasteiger partial charge is 0.319 e. The predicted octanol–water partition coefficient (Wildman–Crippen LogP) is 4.52. The predicted molar refractivity (Wildman–Crippen MR) is 85.7 cm³/mol. The molecule has 0 amide bonds. The van der Waals surface area contributed by atoms with Gasteiger partial charge >= 0.3 is 0 Å². The molecule has 0 spiro atoms. The molecule has 2 aromatic carbocycles.